The summed E-state index contributed by atoms with van der Waals surface area (Å²) >= 11 is 0. The molecular formula is C13H8F5N2O+. The van der Waals surface area contributed by atoms with Gasteiger partial charge in [0.2, 0.25) is 5.82 Å². The Hall–Kier alpha value is -2.51. The molecule has 21 heavy (non-hydrogen) atoms. The molecule has 2 rings (SSSR count). The summed E-state index contributed by atoms with van der Waals surface area (Å²) in [7, 11) is 0. The van der Waals surface area contributed by atoms with E-state index < -0.39 is 47.1 Å². The fourth-order valence-electron chi connectivity index (χ4n) is 1.74. The van der Waals surface area contributed by atoms with Crippen LogP contribution in [0.3, 0.4) is 0 Å². The number of rotatable bonds is 3. The van der Waals surface area contributed by atoms with E-state index in [0.29, 0.717) is 0 Å². The molecule has 0 aliphatic rings. The van der Waals surface area contributed by atoms with Gasteiger partial charge in [0.05, 0.1) is 5.56 Å². The minimum Gasteiger partial charge on any atom is -0.365 e. The van der Waals surface area contributed by atoms with Gasteiger partial charge in [-0.3, -0.25) is 4.79 Å². The van der Waals surface area contributed by atoms with Crippen LogP contribution in [0.4, 0.5) is 22.0 Å². The van der Waals surface area contributed by atoms with Crippen molar-refractivity contribution in [3.8, 4) is 0 Å². The number of carbonyl (C=O) groups excluding carboxylic acids is 1. The predicted molar refractivity (Wildman–Crippen MR) is 60.5 cm³/mol. The Morgan fingerprint density at radius 2 is 1.52 bits per heavy atom. The number of hydrogen-bond acceptors (Lipinski definition) is 1. The lowest BCUT2D eigenvalue weighted by molar-refractivity contribution is -0.689. The molecule has 2 aromatic rings. The second-order valence-electron chi connectivity index (χ2n) is 4.18. The van der Waals surface area contributed by atoms with Gasteiger partial charge < -0.3 is 5.73 Å². The van der Waals surface area contributed by atoms with Gasteiger partial charge in [0, 0.05) is 6.07 Å². The van der Waals surface area contributed by atoms with Gasteiger partial charge >= 0.3 is 0 Å². The third kappa shape index (κ3) is 2.69. The van der Waals surface area contributed by atoms with E-state index in [9.17, 15) is 26.7 Å². The van der Waals surface area contributed by atoms with Crippen LogP contribution >= 0.6 is 0 Å². The van der Waals surface area contributed by atoms with Crippen molar-refractivity contribution in [3.05, 3.63) is 64.7 Å². The Morgan fingerprint density at radius 1 is 1.00 bits per heavy atom. The van der Waals surface area contributed by atoms with Gasteiger partial charge in [-0.15, -0.1) is 0 Å². The van der Waals surface area contributed by atoms with E-state index in [2.05, 4.69) is 0 Å². The number of amides is 1. The maximum atomic E-state index is 13.5. The summed E-state index contributed by atoms with van der Waals surface area (Å²) in [5.41, 5.74) is 4.06. The quantitative estimate of drug-likeness (QED) is 0.400. The van der Waals surface area contributed by atoms with Crippen molar-refractivity contribution < 1.29 is 31.3 Å². The zero-order valence-corrected chi connectivity index (χ0v) is 10.3. The Labute approximate surface area is 115 Å². The van der Waals surface area contributed by atoms with Crippen molar-refractivity contribution in [1.82, 2.24) is 0 Å². The SMILES string of the molecule is NC(=O)c1ccc[n+](Cc2c(F)c(F)c(F)c(F)c2F)c1. The van der Waals surface area contributed by atoms with E-state index in [1.54, 1.807) is 0 Å². The van der Waals surface area contributed by atoms with E-state index in [4.69, 9.17) is 5.73 Å². The molecule has 3 nitrogen and oxygen atoms in total. The molecule has 0 saturated heterocycles. The summed E-state index contributed by atoms with van der Waals surface area (Å²) in [6, 6.07) is 2.70. The summed E-state index contributed by atoms with van der Waals surface area (Å²) in [5, 5.41) is 0. The van der Waals surface area contributed by atoms with Crippen LogP contribution in [0.15, 0.2) is 24.5 Å². The van der Waals surface area contributed by atoms with Crippen LogP contribution in [0.2, 0.25) is 0 Å². The van der Waals surface area contributed by atoms with E-state index in [-0.39, 0.29) is 5.56 Å². The molecule has 0 bridgehead atoms. The van der Waals surface area contributed by atoms with E-state index in [1.807, 2.05) is 0 Å². The van der Waals surface area contributed by atoms with Crippen LogP contribution in [0.1, 0.15) is 15.9 Å². The first kappa shape index (κ1) is 14.9. The van der Waals surface area contributed by atoms with Gasteiger partial charge in [0.25, 0.3) is 5.91 Å². The highest BCUT2D eigenvalue weighted by molar-refractivity contribution is 5.92. The van der Waals surface area contributed by atoms with E-state index >= 15 is 0 Å². The Bertz CT molecular complexity index is 704. The standard InChI is InChI=1S/C13H7F5N2O/c14-8-7(9(15)11(17)12(18)10(8)16)5-20-3-1-2-6(4-20)13(19)21/h1-4H,5H2,(H-,19,21)/p+1. The molecular weight excluding hydrogens is 295 g/mol. The fourth-order valence-corrected chi connectivity index (χ4v) is 1.74. The third-order valence-electron chi connectivity index (χ3n) is 2.78. The maximum Gasteiger partial charge on any atom is 0.254 e. The molecule has 0 unspecified atom stereocenters. The minimum absolute atomic E-state index is 0.0290. The van der Waals surface area contributed by atoms with Gasteiger partial charge in [-0.25, -0.2) is 22.0 Å². The maximum absolute atomic E-state index is 13.5. The molecule has 0 aliphatic carbocycles. The van der Waals surface area contributed by atoms with Crippen molar-refractivity contribution in [1.29, 1.82) is 0 Å². The van der Waals surface area contributed by atoms with E-state index in [0.717, 1.165) is 10.8 Å². The van der Waals surface area contributed by atoms with Gasteiger partial charge in [-0.1, -0.05) is 0 Å². The summed E-state index contributed by atoms with van der Waals surface area (Å²) in [6.07, 6.45) is 2.44. The zero-order valence-electron chi connectivity index (χ0n) is 10.3. The lowest BCUT2D eigenvalue weighted by Gasteiger charge is -2.06. The van der Waals surface area contributed by atoms with Crippen LogP contribution in [0, 0.1) is 29.1 Å². The molecule has 1 heterocycles. The molecule has 0 aliphatic heterocycles. The number of hydrogen-bond donors (Lipinski definition) is 1. The van der Waals surface area contributed by atoms with E-state index in [1.165, 1.54) is 18.3 Å². The van der Waals surface area contributed by atoms with Crippen molar-refractivity contribution in [3.63, 3.8) is 0 Å². The minimum atomic E-state index is -2.22. The topological polar surface area (TPSA) is 47.0 Å². The summed E-state index contributed by atoms with van der Waals surface area (Å²) in [4.78, 5) is 11.0. The first-order valence-electron chi connectivity index (χ1n) is 5.62. The van der Waals surface area contributed by atoms with Crippen LogP contribution in [-0.2, 0) is 6.54 Å². The van der Waals surface area contributed by atoms with Gasteiger partial charge in [-0.2, -0.15) is 4.57 Å². The molecule has 0 fully saturated rings. The number of nitrogens with zero attached hydrogens (tertiary/aromatic N) is 1. The average Bonchev–Trinajstić information content (AvgIpc) is 2.48. The number of pyridine rings is 1. The molecule has 0 saturated carbocycles. The number of aromatic nitrogens is 1. The monoisotopic (exact) mass is 303 g/mol. The van der Waals surface area contributed by atoms with Crippen molar-refractivity contribution in [2.24, 2.45) is 5.73 Å². The highest BCUT2D eigenvalue weighted by Crippen LogP contribution is 2.22. The van der Waals surface area contributed by atoms with Crippen molar-refractivity contribution in [2.75, 3.05) is 0 Å². The van der Waals surface area contributed by atoms with Gasteiger partial charge in [0.15, 0.2) is 42.2 Å². The van der Waals surface area contributed by atoms with Crippen LogP contribution in [0.25, 0.3) is 0 Å². The lowest BCUT2D eigenvalue weighted by Crippen LogP contribution is -2.36. The average molecular weight is 303 g/mol. The Balaban J connectivity index is 2.50. The second kappa shape index (κ2) is 5.47. The van der Waals surface area contributed by atoms with Crippen LogP contribution in [-0.4, -0.2) is 5.91 Å². The normalized spacial score (nSPS) is 10.7. The molecule has 2 N–H and O–H groups in total. The number of halogens is 5. The molecule has 1 amide bonds. The highest BCUT2D eigenvalue weighted by Gasteiger charge is 2.27. The van der Waals surface area contributed by atoms with Gasteiger partial charge in [0.1, 0.15) is 5.56 Å². The molecule has 1 aromatic carbocycles. The molecule has 1 aromatic heterocycles. The summed E-state index contributed by atoms with van der Waals surface area (Å²) in [6.45, 7) is -0.646. The highest BCUT2D eigenvalue weighted by atomic mass is 19.2. The second-order valence-corrected chi connectivity index (χ2v) is 4.18. The Morgan fingerprint density at radius 3 is 2.05 bits per heavy atom. The number of carbonyl (C=O) groups is 1. The first-order chi connectivity index (χ1) is 9.82. The molecule has 0 atom stereocenters. The molecule has 8 heteroatoms. The number of primary amides is 1. The Kier molecular flexibility index (Phi) is 3.88. The zero-order chi connectivity index (χ0) is 15.7. The lowest BCUT2D eigenvalue weighted by atomic mass is 10.1. The number of benzene rings is 1. The molecule has 110 valence electrons. The predicted octanol–water partition coefficient (Wildman–Crippen LogP) is 1.82. The smallest absolute Gasteiger partial charge is 0.254 e. The summed E-state index contributed by atoms with van der Waals surface area (Å²) in [5.74, 6) is -10.9. The fraction of sp³-hybridized carbons (Fsp3) is 0.0769. The first-order valence-corrected chi connectivity index (χ1v) is 5.62. The van der Waals surface area contributed by atoms with Crippen LogP contribution in [0.5, 0.6) is 0 Å². The largest absolute Gasteiger partial charge is 0.365 e. The van der Waals surface area contributed by atoms with Crippen molar-refractivity contribution in [2.45, 2.75) is 6.54 Å². The van der Waals surface area contributed by atoms with Crippen LogP contribution < -0.4 is 10.3 Å². The third-order valence-corrected chi connectivity index (χ3v) is 2.78. The molecule has 0 radical (unpaired) electrons. The van der Waals surface area contributed by atoms with Gasteiger partial charge in [-0.05, 0) is 6.07 Å². The molecule has 0 spiro atoms. The number of nitrogens with two attached hydrogens (primary N) is 1. The summed E-state index contributed by atoms with van der Waals surface area (Å²) < 4.78 is 67.2. The van der Waals surface area contributed by atoms with Crippen molar-refractivity contribution >= 4 is 5.91 Å².